The molecule has 1 atom stereocenters. The van der Waals surface area contributed by atoms with Crippen LogP contribution in [0.1, 0.15) is 42.0 Å². The fourth-order valence-electron chi connectivity index (χ4n) is 4.02. The van der Waals surface area contributed by atoms with Gasteiger partial charge in [0, 0.05) is 38.8 Å². The fourth-order valence-corrected chi connectivity index (χ4v) is 4.02. The van der Waals surface area contributed by atoms with Crippen LogP contribution in [0.5, 0.6) is 0 Å². The molecule has 148 valence electrons. The van der Waals surface area contributed by atoms with Crippen LogP contribution in [0.25, 0.3) is 0 Å². The zero-order chi connectivity index (χ0) is 20.4. The second-order valence-corrected chi connectivity index (χ2v) is 7.97. The highest BCUT2D eigenvalue weighted by atomic mass is 16.2. The second-order valence-electron chi connectivity index (χ2n) is 7.97. The SMILES string of the molecule is CC1(C(=O)NCc2ccc3c(c2)CN(c2ncccc2C#N)C3)CCNC(=O)C1. The topological polar surface area (TPSA) is 98.1 Å². The van der Waals surface area contributed by atoms with Gasteiger partial charge < -0.3 is 15.5 Å². The average Bonchev–Trinajstić information content (AvgIpc) is 3.15. The molecule has 2 amide bonds. The third kappa shape index (κ3) is 3.79. The first-order valence-corrected chi connectivity index (χ1v) is 9.74. The van der Waals surface area contributed by atoms with Crippen molar-refractivity contribution in [2.24, 2.45) is 5.41 Å². The Morgan fingerprint density at radius 1 is 1.34 bits per heavy atom. The van der Waals surface area contributed by atoms with Crippen LogP contribution in [0, 0.1) is 16.7 Å². The summed E-state index contributed by atoms with van der Waals surface area (Å²) in [7, 11) is 0. The number of pyridine rings is 1. The molecule has 0 radical (unpaired) electrons. The minimum Gasteiger partial charge on any atom is -0.356 e. The molecule has 1 fully saturated rings. The van der Waals surface area contributed by atoms with Gasteiger partial charge in [-0.15, -0.1) is 0 Å². The van der Waals surface area contributed by atoms with Crippen LogP contribution in [0.2, 0.25) is 0 Å². The number of benzene rings is 1. The molecular weight excluding hydrogens is 366 g/mol. The average molecular weight is 389 g/mol. The van der Waals surface area contributed by atoms with Crippen LogP contribution in [-0.2, 0) is 29.2 Å². The van der Waals surface area contributed by atoms with E-state index in [-0.39, 0.29) is 18.2 Å². The molecule has 0 spiro atoms. The Balaban J connectivity index is 1.42. The Kier molecular flexibility index (Phi) is 4.93. The fraction of sp³-hybridized carbons (Fsp3) is 0.364. The molecule has 1 aromatic heterocycles. The molecule has 1 aromatic carbocycles. The molecule has 1 unspecified atom stereocenters. The van der Waals surface area contributed by atoms with Crippen LogP contribution in [0.4, 0.5) is 5.82 Å². The van der Waals surface area contributed by atoms with Crippen LogP contribution in [0.15, 0.2) is 36.5 Å². The van der Waals surface area contributed by atoms with Crippen molar-refractivity contribution in [3.8, 4) is 6.07 Å². The zero-order valence-electron chi connectivity index (χ0n) is 16.4. The predicted octanol–water partition coefficient (Wildman–Crippen LogP) is 2.01. The summed E-state index contributed by atoms with van der Waals surface area (Å²) in [4.78, 5) is 30.8. The number of nitrogens with one attached hydrogen (secondary N) is 2. The number of hydrogen-bond acceptors (Lipinski definition) is 5. The van der Waals surface area contributed by atoms with E-state index in [9.17, 15) is 14.9 Å². The van der Waals surface area contributed by atoms with Gasteiger partial charge in [-0.3, -0.25) is 9.59 Å². The maximum atomic E-state index is 12.6. The standard InChI is InChI=1S/C22H23N5O2/c1-22(6-8-24-19(28)10-22)21(29)26-12-15-4-5-17-13-27(14-18(17)9-15)20-16(11-23)3-2-7-25-20/h2-5,7,9H,6,8,10,12-14H2,1H3,(H,24,28)(H,26,29). The molecule has 2 aliphatic rings. The Morgan fingerprint density at radius 2 is 2.17 bits per heavy atom. The lowest BCUT2D eigenvalue weighted by Gasteiger charge is -2.31. The van der Waals surface area contributed by atoms with Gasteiger partial charge in [-0.2, -0.15) is 5.26 Å². The molecule has 7 nitrogen and oxygen atoms in total. The number of rotatable bonds is 4. The van der Waals surface area contributed by atoms with Gasteiger partial charge in [0.2, 0.25) is 11.8 Å². The number of nitrogens with zero attached hydrogens (tertiary/aromatic N) is 3. The van der Waals surface area contributed by atoms with E-state index in [0.717, 1.165) is 5.56 Å². The first-order valence-electron chi connectivity index (χ1n) is 9.74. The number of nitriles is 1. The van der Waals surface area contributed by atoms with Crippen molar-refractivity contribution < 1.29 is 9.59 Å². The van der Waals surface area contributed by atoms with Crippen molar-refractivity contribution in [2.75, 3.05) is 11.4 Å². The highest BCUT2D eigenvalue weighted by molar-refractivity contribution is 5.89. The minimum atomic E-state index is -0.650. The van der Waals surface area contributed by atoms with Gasteiger partial charge in [0.25, 0.3) is 0 Å². The van der Waals surface area contributed by atoms with Crippen molar-refractivity contribution >= 4 is 17.6 Å². The van der Waals surface area contributed by atoms with Gasteiger partial charge in [0.15, 0.2) is 0 Å². The van der Waals surface area contributed by atoms with Gasteiger partial charge >= 0.3 is 0 Å². The molecule has 0 aliphatic carbocycles. The molecule has 1 saturated heterocycles. The first kappa shape index (κ1) is 18.9. The van der Waals surface area contributed by atoms with E-state index in [1.807, 2.05) is 13.0 Å². The number of fused-ring (bicyclic) bond motifs is 1. The molecule has 0 saturated carbocycles. The lowest BCUT2D eigenvalue weighted by molar-refractivity contribution is -0.138. The number of anilines is 1. The highest BCUT2D eigenvalue weighted by Gasteiger charge is 2.37. The lowest BCUT2D eigenvalue weighted by Crippen LogP contribution is -2.47. The van der Waals surface area contributed by atoms with Gasteiger partial charge in [-0.05, 0) is 35.2 Å². The summed E-state index contributed by atoms with van der Waals surface area (Å²) < 4.78 is 0. The van der Waals surface area contributed by atoms with Crippen LogP contribution < -0.4 is 15.5 Å². The molecular formula is C22H23N5O2. The Morgan fingerprint density at radius 3 is 2.97 bits per heavy atom. The van der Waals surface area contributed by atoms with Gasteiger partial charge in [-0.1, -0.05) is 25.1 Å². The third-order valence-corrected chi connectivity index (χ3v) is 5.75. The molecule has 3 heterocycles. The summed E-state index contributed by atoms with van der Waals surface area (Å²) in [6, 6.07) is 11.9. The lowest BCUT2D eigenvalue weighted by atomic mass is 9.80. The Labute approximate surface area is 169 Å². The normalized spacial score (nSPS) is 20.6. The molecule has 2 N–H and O–H groups in total. The van der Waals surface area contributed by atoms with Crippen molar-refractivity contribution in [2.45, 2.75) is 39.4 Å². The first-order chi connectivity index (χ1) is 14.0. The molecule has 29 heavy (non-hydrogen) atoms. The Bertz CT molecular complexity index is 1010. The largest absolute Gasteiger partial charge is 0.356 e. The molecule has 2 aromatic rings. The summed E-state index contributed by atoms with van der Waals surface area (Å²) in [5.41, 5.74) is 3.31. The van der Waals surface area contributed by atoms with Crippen molar-refractivity contribution in [3.05, 3.63) is 58.8 Å². The number of piperidine rings is 1. The van der Waals surface area contributed by atoms with Crippen molar-refractivity contribution in [1.29, 1.82) is 5.26 Å². The van der Waals surface area contributed by atoms with Crippen molar-refractivity contribution in [3.63, 3.8) is 0 Å². The Hall–Kier alpha value is -3.40. The zero-order valence-corrected chi connectivity index (χ0v) is 16.4. The number of amides is 2. The maximum Gasteiger partial charge on any atom is 0.226 e. The minimum absolute atomic E-state index is 0.0715. The number of hydrogen-bond donors (Lipinski definition) is 2. The smallest absolute Gasteiger partial charge is 0.226 e. The predicted molar refractivity (Wildman–Crippen MR) is 107 cm³/mol. The van der Waals surface area contributed by atoms with E-state index in [4.69, 9.17) is 0 Å². The molecule has 4 rings (SSSR count). The van der Waals surface area contributed by atoms with Crippen LogP contribution in [0.3, 0.4) is 0 Å². The van der Waals surface area contributed by atoms with Crippen LogP contribution in [-0.4, -0.2) is 23.3 Å². The van der Waals surface area contributed by atoms with E-state index in [0.29, 0.717) is 44.0 Å². The number of aromatic nitrogens is 1. The molecule has 2 aliphatic heterocycles. The summed E-state index contributed by atoms with van der Waals surface area (Å²) >= 11 is 0. The van der Waals surface area contributed by atoms with Crippen molar-refractivity contribution in [1.82, 2.24) is 15.6 Å². The monoisotopic (exact) mass is 389 g/mol. The van der Waals surface area contributed by atoms with Gasteiger partial charge in [-0.25, -0.2) is 4.98 Å². The quantitative estimate of drug-likeness (QED) is 0.834. The highest BCUT2D eigenvalue weighted by Crippen LogP contribution is 2.30. The van der Waals surface area contributed by atoms with E-state index < -0.39 is 5.41 Å². The second kappa shape index (κ2) is 7.55. The van der Waals surface area contributed by atoms with Crippen LogP contribution >= 0.6 is 0 Å². The van der Waals surface area contributed by atoms with Gasteiger partial charge in [0.1, 0.15) is 11.9 Å². The molecule has 7 heteroatoms. The summed E-state index contributed by atoms with van der Waals surface area (Å²) in [6.45, 7) is 4.20. The number of carbonyl (C=O) groups excluding carboxylic acids is 2. The van der Waals surface area contributed by atoms with E-state index in [2.05, 4.69) is 38.7 Å². The van der Waals surface area contributed by atoms with E-state index in [1.165, 1.54) is 11.1 Å². The van der Waals surface area contributed by atoms with E-state index >= 15 is 0 Å². The maximum absolute atomic E-state index is 12.6. The number of carbonyl (C=O) groups is 2. The summed E-state index contributed by atoms with van der Waals surface area (Å²) in [5, 5.41) is 15.1. The summed E-state index contributed by atoms with van der Waals surface area (Å²) in [5.74, 6) is 0.545. The summed E-state index contributed by atoms with van der Waals surface area (Å²) in [6.07, 6.45) is 2.57. The van der Waals surface area contributed by atoms with E-state index in [1.54, 1.807) is 18.3 Å². The van der Waals surface area contributed by atoms with Gasteiger partial charge in [0.05, 0.1) is 11.0 Å². The third-order valence-electron chi connectivity index (χ3n) is 5.75. The molecule has 0 bridgehead atoms.